The molecule has 2 fully saturated rings. The van der Waals surface area contributed by atoms with Crippen LogP contribution in [-0.4, -0.2) is 18.8 Å². The number of carbonyl (C=O) groups excluding carboxylic acids is 1. The predicted molar refractivity (Wildman–Crippen MR) is 115 cm³/mol. The zero-order chi connectivity index (χ0) is 19.1. The number of ether oxygens (including phenoxy) is 1. The third kappa shape index (κ3) is 5.27. The Bertz CT molecular complexity index is 595. The number of rotatable bonds is 6. The third-order valence-electron chi connectivity index (χ3n) is 6.80. The fourth-order valence-corrected chi connectivity index (χ4v) is 5.48. The minimum Gasteiger partial charge on any atom is -0.455 e. The molecule has 0 aromatic heterocycles. The van der Waals surface area contributed by atoms with Crippen molar-refractivity contribution < 1.29 is 9.53 Å². The summed E-state index contributed by atoms with van der Waals surface area (Å²) in [6.07, 6.45) is 15.7. The molecule has 2 saturated carbocycles. The van der Waals surface area contributed by atoms with Crippen molar-refractivity contribution in [3.8, 4) is 0 Å². The lowest BCUT2D eigenvalue weighted by atomic mass is 9.26. The molecule has 0 heterocycles. The number of benzene rings is 1. The van der Waals surface area contributed by atoms with Crippen molar-refractivity contribution in [2.45, 2.75) is 95.8 Å². The normalized spacial score (nSPS) is 20.9. The van der Waals surface area contributed by atoms with E-state index in [2.05, 4.69) is 19.9 Å². The van der Waals surface area contributed by atoms with E-state index in [9.17, 15) is 4.79 Å². The zero-order valence-electron chi connectivity index (χ0n) is 17.2. The van der Waals surface area contributed by atoms with Crippen molar-refractivity contribution in [2.75, 3.05) is 0 Å². The lowest BCUT2D eigenvalue weighted by Gasteiger charge is -2.38. The van der Waals surface area contributed by atoms with Gasteiger partial charge in [-0.2, -0.15) is 0 Å². The largest absolute Gasteiger partial charge is 0.455 e. The van der Waals surface area contributed by atoms with Crippen molar-refractivity contribution in [3.63, 3.8) is 0 Å². The topological polar surface area (TPSA) is 26.3 Å². The molecule has 27 heavy (non-hydrogen) atoms. The Kier molecular flexibility index (Phi) is 7.61. The molecule has 2 aliphatic rings. The SMILES string of the molecule is C/C=C(\B(C1CCCCC1)C1CCCCC1)[C@@H](C)OC(=O)c1ccccc1. The predicted octanol–water partition coefficient (Wildman–Crippen LogP) is 6.88. The molecule has 0 N–H and O–H groups in total. The van der Waals surface area contributed by atoms with Crippen molar-refractivity contribution in [2.24, 2.45) is 0 Å². The molecule has 2 aliphatic carbocycles. The van der Waals surface area contributed by atoms with Gasteiger partial charge in [-0.25, -0.2) is 4.79 Å². The van der Waals surface area contributed by atoms with Crippen molar-refractivity contribution in [3.05, 3.63) is 47.4 Å². The summed E-state index contributed by atoms with van der Waals surface area (Å²) in [6, 6.07) is 9.39. The average molecular weight is 366 g/mol. The number of esters is 1. The van der Waals surface area contributed by atoms with Gasteiger partial charge in [-0.3, -0.25) is 0 Å². The first-order chi connectivity index (χ1) is 13.2. The molecule has 1 aromatic carbocycles. The first-order valence-corrected chi connectivity index (χ1v) is 11.1. The van der Waals surface area contributed by atoms with Gasteiger partial charge in [0.1, 0.15) is 6.10 Å². The Morgan fingerprint density at radius 1 is 0.963 bits per heavy atom. The second-order valence-electron chi connectivity index (χ2n) is 8.52. The molecule has 1 atom stereocenters. The first-order valence-electron chi connectivity index (χ1n) is 11.1. The molecule has 3 rings (SSSR count). The second-order valence-corrected chi connectivity index (χ2v) is 8.52. The minimum atomic E-state index is -0.200. The summed E-state index contributed by atoms with van der Waals surface area (Å²) >= 11 is 0. The highest BCUT2D eigenvalue weighted by Crippen LogP contribution is 2.44. The Hall–Kier alpha value is -1.51. The number of allylic oxidation sites excluding steroid dienone is 1. The van der Waals surface area contributed by atoms with Crippen LogP contribution in [0.1, 0.15) is 88.4 Å². The molecule has 0 bridgehead atoms. The highest BCUT2D eigenvalue weighted by atomic mass is 16.5. The summed E-state index contributed by atoms with van der Waals surface area (Å²) < 4.78 is 5.94. The Balaban J connectivity index is 1.76. The summed E-state index contributed by atoms with van der Waals surface area (Å²) in [5.74, 6) is 1.34. The van der Waals surface area contributed by atoms with Crippen LogP contribution in [0.5, 0.6) is 0 Å². The van der Waals surface area contributed by atoms with E-state index in [4.69, 9.17) is 4.74 Å². The van der Waals surface area contributed by atoms with Crippen LogP contribution in [0.15, 0.2) is 41.9 Å². The first kappa shape index (κ1) is 20.2. The Labute approximate surface area is 165 Å². The van der Waals surface area contributed by atoms with E-state index >= 15 is 0 Å². The van der Waals surface area contributed by atoms with Gasteiger partial charge in [-0.1, -0.05) is 106 Å². The van der Waals surface area contributed by atoms with Crippen molar-refractivity contribution >= 4 is 12.7 Å². The molecule has 0 unspecified atom stereocenters. The number of carbonyl (C=O) groups is 1. The lowest BCUT2D eigenvalue weighted by molar-refractivity contribution is 0.0415. The molecular formula is C24H35BO2. The lowest BCUT2D eigenvalue weighted by Crippen LogP contribution is -2.37. The summed E-state index contributed by atoms with van der Waals surface area (Å²) in [5.41, 5.74) is 2.02. The molecule has 0 amide bonds. The smallest absolute Gasteiger partial charge is 0.338 e. The van der Waals surface area contributed by atoms with Crippen LogP contribution >= 0.6 is 0 Å². The van der Waals surface area contributed by atoms with Crippen LogP contribution in [0.25, 0.3) is 0 Å². The van der Waals surface area contributed by atoms with Gasteiger partial charge in [-0.15, -0.1) is 0 Å². The standard InChI is InChI=1S/C24H35BO2/c1-3-23(19(2)27-24(26)20-13-7-4-8-14-20)25(21-15-9-5-10-16-21)22-17-11-6-12-18-22/h3-4,7-8,13-14,19,21-22H,5-6,9-12,15-18H2,1-2H3/b23-3-/t19-/m1/s1. The van der Waals surface area contributed by atoms with E-state index < -0.39 is 0 Å². The van der Waals surface area contributed by atoms with Gasteiger partial charge in [0.15, 0.2) is 6.71 Å². The van der Waals surface area contributed by atoms with Gasteiger partial charge >= 0.3 is 5.97 Å². The minimum absolute atomic E-state index is 0.142. The van der Waals surface area contributed by atoms with Gasteiger partial charge in [0, 0.05) is 0 Å². The Morgan fingerprint density at radius 2 is 1.48 bits per heavy atom. The molecule has 1 aromatic rings. The van der Waals surface area contributed by atoms with E-state index in [0.29, 0.717) is 12.3 Å². The third-order valence-corrected chi connectivity index (χ3v) is 6.80. The zero-order valence-corrected chi connectivity index (χ0v) is 17.2. The second kappa shape index (κ2) is 10.2. The van der Waals surface area contributed by atoms with Gasteiger partial charge < -0.3 is 4.74 Å². The maximum absolute atomic E-state index is 12.6. The van der Waals surface area contributed by atoms with Gasteiger partial charge in [-0.05, 0) is 26.0 Å². The molecule has 0 spiro atoms. The van der Waals surface area contributed by atoms with Crippen LogP contribution in [0.3, 0.4) is 0 Å². The van der Waals surface area contributed by atoms with Crippen LogP contribution in [0.4, 0.5) is 0 Å². The van der Waals surface area contributed by atoms with E-state index in [1.54, 1.807) is 0 Å². The molecule has 0 radical (unpaired) electrons. The summed E-state index contributed by atoms with van der Waals surface area (Å²) in [4.78, 5) is 12.6. The van der Waals surface area contributed by atoms with E-state index in [1.165, 1.54) is 69.7 Å². The van der Waals surface area contributed by atoms with E-state index in [0.717, 1.165) is 11.6 Å². The summed E-state index contributed by atoms with van der Waals surface area (Å²) in [5, 5.41) is 0. The van der Waals surface area contributed by atoms with E-state index in [1.807, 2.05) is 30.3 Å². The molecule has 146 valence electrons. The number of hydrogen-bond donors (Lipinski definition) is 0. The fourth-order valence-electron chi connectivity index (χ4n) is 5.48. The Morgan fingerprint density at radius 3 is 1.96 bits per heavy atom. The van der Waals surface area contributed by atoms with Crippen LogP contribution in [0.2, 0.25) is 11.6 Å². The monoisotopic (exact) mass is 366 g/mol. The summed E-state index contributed by atoms with van der Waals surface area (Å²) in [6.45, 7) is 4.81. The molecule has 0 aliphatic heterocycles. The van der Waals surface area contributed by atoms with Crippen molar-refractivity contribution in [1.82, 2.24) is 0 Å². The molecular weight excluding hydrogens is 331 g/mol. The molecule has 2 nitrogen and oxygen atoms in total. The van der Waals surface area contributed by atoms with Crippen LogP contribution < -0.4 is 0 Å². The highest BCUT2D eigenvalue weighted by Gasteiger charge is 2.39. The summed E-state index contributed by atoms with van der Waals surface area (Å²) in [7, 11) is 0. The highest BCUT2D eigenvalue weighted by molar-refractivity contribution is 6.70. The molecule has 0 saturated heterocycles. The average Bonchev–Trinajstić information content (AvgIpc) is 2.73. The van der Waals surface area contributed by atoms with Crippen molar-refractivity contribution in [1.29, 1.82) is 0 Å². The quantitative estimate of drug-likeness (QED) is 0.405. The fraction of sp³-hybridized carbons (Fsp3) is 0.625. The number of hydrogen-bond acceptors (Lipinski definition) is 2. The van der Waals surface area contributed by atoms with E-state index in [-0.39, 0.29) is 12.1 Å². The van der Waals surface area contributed by atoms with Gasteiger partial charge in [0.2, 0.25) is 0 Å². The maximum Gasteiger partial charge on any atom is 0.338 e. The van der Waals surface area contributed by atoms with Gasteiger partial charge in [0.25, 0.3) is 0 Å². The van der Waals surface area contributed by atoms with Crippen LogP contribution in [-0.2, 0) is 4.74 Å². The molecule has 3 heteroatoms. The van der Waals surface area contributed by atoms with Crippen LogP contribution in [0, 0.1) is 0 Å². The van der Waals surface area contributed by atoms with Gasteiger partial charge in [0.05, 0.1) is 5.56 Å². The maximum atomic E-state index is 12.6.